The standard InChI is InChI=1S/C24H29N3O5/c1-32-24(31)20-16-27(13-14-28)23(30)22(20)26-19-9-7-17(8-10-19)11-12-25-15-21(29)18-5-3-2-4-6-18/h2-10,21,25-26,28-29H,11-16H2,1H3. The number of ether oxygens (including phenoxy) is 1. The molecule has 2 aromatic rings. The number of carbonyl (C=O) groups excluding carboxylic acids is 2. The van der Waals surface area contributed by atoms with Gasteiger partial charge < -0.3 is 30.5 Å². The van der Waals surface area contributed by atoms with Crippen LogP contribution in [0.1, 0.15) is 17.2 Å². The van der Waals surface area contributed by atoms with Crippen LogP contribution in [-0.4, -0.2) is 66.9 Å². The molecule has 0 saturated heterocycles. The zero-order chi connectivity index (χ0) is 22.9. The third kappa shape index (κ3) is 5.94. The first-order valence-electron chi connectivity index (χ1n) is 10.5. The van der Waals surface area contributed by atoms with Gasteiger partial charge in [-0.1, -0.05) is 42.5 Å². The zero-order valence-electron chi connectivity index (χ0n) is 18.1. The van der Waals surface area contributed by atoms with Crippen LogP contribution in [0.5, 0.6) is 0 Å². The van der Waals surface area contributed by atoms with Crippen molar-refractivity contribution in [1.82, 2.24) is 10.2 Å². The van der Waals surface area contributed by atoms with E-state index < -0.39 is 12.1 Å². The van der Waals surface area contributed by atoms with E-state index in [1.807, 2.05) is 54.6 Å². The first-order chi connectivity index (χ1) is 15.5. The Balaban J connectivity index is 1.53. The smallest absolute Gasteiger partial charge is 0.337 e. The molecular weight excluding hydrogens is 410 g/mol. The fraction of sp³-hybridized carbons (Fsp3) is 0.333. The lowest BCUT2D eigenvalue weighted by molar-refractivity contribution is -0.136. The highest BCUT2D eigenvalue weighted by Crippen LogP contribution is 2.23. The van der Waals surface area contributed by atoms with Gasteiger partial charge in [0.1, 0.15) is 5.70 Å². The molecule has 0 fully saturated rings. The third-order valence-corrected chi connectivity index (χ3v) is 5.29. The number of aliphatic hydroxyl groups excluding tert-OH is 2. The average Bonchev–Trinajstić information content (AvgIpc) is 3.13. The van der Waals surface area contributed by atoms with Crippen molar-refractivity contribution in [3.63, 3.8) is 0 Å². The van der Waals surface area contributed by atoms with Crippen LogP contribution in [0, 0.1) is 0 Å². The molecular formula is C24H29N3O5. The minimum absolute atomic E-state index is 0.104. The number of hydrogen-bond donors (Lipinski definition) is 4. The number of methoxy groups -OCH3 is 1. The van der Waals surface area contributed by atoms with Gasteiger partial charge >= 0.3 is 5.97 Å². The number of aliphatic hydroxyl groups is 2. The SMILES string of the molecule is COC(=O)C1=C(Nc2ccc(CCNCC(O)c3ccccc3)cc2)C(=O)N(CCO)C1. The van der Waals surface area contributed by atoms with Gasteiger partial charge in [0.2, 0.25) is 0 Å². The summed E-state index contributed by atoms with van der Waals surface area (Å²) in [4.78, 5) is 26.1. The predicted octanol–water partition coefficient (Wildman–Crippen LogP) is 1.23. The van der Waals surface area contributed by atoms with E-state index in [2.05, 4.69) is 10.6 Å². The molecule has 1 unspecified atom stereocenters. The lowest BCUT2D eigenvalue weighted by Gasteiger charge is -2.15. The van der Waals surface area contributed by atoms with Crippen molar-refractivity contribution in [3.05, 3.63) is 77.0 Å². The quantitative estimate of drug-likeness (QED) is 0.308. The molecule has 1 heterocycles. The van der Waals surface area contributed by atoms with E-state index in [0.29, 0.717) is 18.8 Å². The fourth-order valence-electron chi connectivity index (χ4n) is 3.51. The van der Waals surface area contributed by atoms with Gasteiger partial charge in [-0.15, -0.1) is 0 Å². The van der Waals surface area contributed by atoms with Crippen LogP contribution >= 0.6 is 0 Å². The molecule has 8 heteroatoms. The Bertz CT molecular complexity index is 944. The predicted molar refractivity (Wildman–Crippen MR) is 121 cm³/mol. The summed E-state index contributed by atoms with van der Waals surface area (Å²) in [6.07, 6.45) is 0.232. The highest BCUT2D eigenvalue weighted by molar-refractivity contribution is 6.08. The van der Waals surface area contributed by atoms with E-state index in [4.69, 9.17) is 9.84 Å². The molecule has 2 aromatic carbocycles. The van der Waals surface area contributed by atoms with Crippen LogP contribution in [0.2, 0.25) is 0 Å². The number of esters is 1. The minimum atomic E-state index is -0.568. The number of rotatable bonds is 11. The first kappa shape index (κ1) is 23.5. The Morgan fingerprint density at radius 2 is 1.88 bits per heavy atom. The highest BCUT2D eigenvalue weighted by Gasteiger charge is 2.34. The number of benzene rings is 2. The molecule has 0 spiro atoms. The van der Waals surface area contributed by atoms with Crippen LogP contribution in [0.15, 0.2) is 65.9 Å². The van der Waals surface area contributed by atoms with E-state index in [1.165, 1.54) is 12.0 Å². The van der Waals surface area contributed by atoms with E-state index in [1.54, 1.807) is 0 Å². The van der Waals surface area contributed by atoms with Crippen molar-refractivity contribution in [2.45, 2.75) is 12.5 Å². The Labute approximate surface area is 187 Å². The number of amides is 1. The number of anilines is 1. The molecule has 1 aliphatic rings. The molecule has 0 aliphatic carbocycles. The second kappa shape index (κ2) is 11.4. The summed E-state index contributed by atoms with van der Waals surface area (Å²) in [6, 6.07) is 17.1. The molecule has 32 heavy (non-hydrogen) atoms. The molecule has 0 radical (unpaired) electrons. The molecule has 0 bridgehead atoms. The van der Waals surface area contributed by atoms with Crippen molar-refractivity contribution in [2.24, 2.45) is 0 Å². The van der Waals surface area contributed by atoms with Crippen LogP contribution < -0.4 is 10.6 Å². The van der Waals surface area contributed by atoms with Crippen LogP contribution in [-0.2, 0) is 20.7 Å². The van der Waals surface area contributed by atoms with Crippen molar-refractivity contribution >= 4 is 17.6 Å². The largest absolute Gasteiger partial charge is 0.466 e. The van der Waals surface area contributed by atoms with Crippen molar-refractivity contribution in [1.29, 1.82) is 0 Å². The minimum Gasteiger partial charge on any atom is -0.466 e. The van der Waals surface area contributed by atoms with Gasteiger partial charge in [-0.25, -0.2) is 4.79 Å². The van der Waals surface area contributed by atoms with Crippen molar-refractivity contribution < 1.29 is 24.5 Å². The number of carbonyl (C=O) groups is 2. The second-order valence-electron chi connectivity index (χ2n) is 7.50. The van der Waals surface area contributed by atoms with E-state index >= 15 is 0 Å². The van der Waals surface area contributed by atoms with Crippen LogP contribution in [0.25, 0.3) is 0 Å². The van der Waals surface area contributed by atoms with Gasteiger partial charge in [-0.05, 0) is 36.2 Å². The zero-order valence-corrected chi connectivity index (χ0v) is 18.1. The molecule has 1 amide bonds. The number of hydrogen-bond acceptors (Lipinski definition) is 7. The van der Waals surface area contributed by atoms with Crippen LogP contribution in [0.3, 0.4) is 0 Å². The summed E-state index contributed by atoms with van der Waals surface area (Å²) in [5, 5.41) is 25.6. The molecule has 0 saturated carbocycles. The summed E-state index contributed by atoms with van der Waals surface area (Å²) >= 11 is 0. The molecule has 0 aromatic heterocycles. The summed E-state index contributed by atoms with van der Waals surface area (Å²) in [6.45, 7) is 1.25. The van der Waals surface area contributed by atoms with Crippen molar-refractivity contribution in [3.8, 4) is 0 Å². The van der Waals surface area contributed by atoms with Gasteiger partial charge in [-0.2, -0.15) is 0 Å². The Hall–Kier alpha value is -3.20. The molecule has 1 atom stereocenters. The number of β-amino-alcohol motifs (C(OH)–C–C–N with tert-alkyl or cyclic N) is 1. The molecule has 3 rings (SSSR count). The van der Waals surface area contributed by atoms with Gasteiger partial charge in [-0.3, -0.25) is 4.79 Å². The van der Waals surface area contributed by atoms with Gasteiger partial charge in [0.05, 0.1) is 31.9 Å². The maximum atomic E-state index is 12.6. The average molecular weight is 440 g/mol. The lowest BCUT2D eigenvalue weighted by Crippen LogP contribution is -2.31. The number of nitrogens with zero attached hydrogens (tertiary/aromatic N) is 1. The monoisotopic (exact) mass is 439 g/mol. The molecule has 170 valence electrons. The summed E-state index contributed by atoms with van der Waals surface area (Å²) < 4.78 is 4.79. The maximum absolute atomic E-state index is 12.6. The van der Waals surface area contributed by atoms with Gasteiger partial charge in [0.15, 0.2) is 0 Å². The Kier molecular flexibility index (Phi) is 8.38. The summed E-state index contributed by atoms with van der Waals surface area (Å²) in [5.74, 6) is -0.911. The van der Waals surface area contributed by atoms with E-state index in [-0.39, 0.29) is 36.9 Å². The highest BCUT2D eigenvalue weighted by atomic mass is 16.5. The summed E-state index contributed by atoms with van der Waals surface area (Å²) in [7, 11) is 1.27. The Morgan fingerprint density at radius 3 is 2.53 bits per heavy atom. The van der Waals surface area contributed by atoms with E-state index in [9.17, 15) is 14.7 Å². The Morgan fingerprint density at radius 1 is 1.16 bits per heavy atom. The van der Waals surface area contributed by atoms with Gasteiger partial charge in [0, 0.05) is 18.8 Å². The van der Waals surface area contributed by atoms with E-state index in [0.717, 1.165) is 17.5 Å². The molecule has 4 N–H and O–H groups in total. The molecule has 8 nitrogen and oxygen atoms in total. The van der Waals surface area contributed by atoms with Crippen molar-refractivity contribution in [2.75, 3.05) is 45.2 Å². The lowest BCUT2D eigenvalue weighted by atomic mass is 10.1. The normalized spacial score (nSPS) is 14.6. The number of nitrogens with one attached hydrogen (secondary N) is 2. The van der Waals surface area contributed by atoms with Crippen LogP contribution in [0.4, 0.5) is 5.69 Å². The summed E-state index contributed by atoms with van der Waals surface area (Å²) in [5.41, 5.74) is 3.08. The fourth-order valence-corrected chi connectivity index (χ4v) is 3.51. The maximum Gasteiger partial charge on any atom is 0.337 e. The van der Waals surface area contributed by atoms with Gasteiger partial charge in [0.25, 0.3) is 5.91 Å². The second-order valence-corrected chi connectivity index (χ2v) is 7.50. The molecule has 1 aliphatic heterocycles. The third-order valence-electron chi connectivity index (χ3n) is 5.29. The topological polar surface area (TPSA) is 111 Å². The first-order valence-corrected chi connectivity index (χ1v) is 10.5.